The highest BCUT2D eigenvalue weighted by molar-refractivity contribution is 9.10. The van der Waals surface area contributed by atoms with Gasteiger partial charge in [0.05, 0.1) is 12.1 Å². The van der Waals surface area contributed by atoms with Gasteiger partial charge in [0.25, 0.3) is 5.91 Å². The molecule has 0 aliphatic carbocycles. The van der Waals surface area contributed by atoms with Crippen molar-refractivity contribution >= 4 is 56.8 Å². The molecule has 0 atom stereocenters. The number of carbonyl (C=O) groups excluding carboxylic acids is 2. The molecule has 0 fully saturated rings. The third-order valence-electron chi connectivity index (χ3n) is 4.86. The lowest BCUT2D eigenvalue weighted by molar-refractivity contribution is 0.0696. The number of amides is 3. The summed E-state index contributed by atoms with van der Waals surface area (Å²) in [4.78, 5) is 37.6. The molecule has 0 saturated heterocycles. The second-order valence-electron chi connectivity index (χ2n) is 7.00. The third kappa shape index (κ3) is 4.42. The van der Waals surface area contributed by atoms with Gasteiger partial charge in [-0.05, 0) is 36.4 Å². The largest absolute Gasteiger partial charge is 0.478 e. The van der Waals surface area contributed by atoms with E-state index < -0.39 is 5.97 Å². The summed E-state index contributed by atoms with van der Waals surface area (Å²) < 4.78 is 2.49. The molecule has 0 bridgehead atoms. The zero-order valence-corrected chi connectivity index (χ0v) is 18.5. The van der Waals surface area contributed by atoms with Crippen molar-refractivity contribution in [2.24, 2.45) is 0 Å². The summed E-state index contributed by atoms with van der Waals surface area (Å²) in [7, 11) is 1.53. The smallest absolute Gasteiger partial charge is 0.335 e. The predicted molar refractivity (Wildman–Crippen MR) is 123 cm³/mol. The Morgan fingerprint density at radius 2 is 1.84 bits per heavy atom. The van der Waals surface area contributed by atoms with Crippen LogP contribution in [0.5, 0.6) is 0 Å². The van der Waals surface area contributed by atoms with Gasteiger partial charge in [0.15, 0.2) is 5.82 Å². The molecule has 2 heterocycles. The number of benzene rings is 2. The zero-order chi connectivity index (χ0) is 22.8. The first-order valence-corrected chi connectivity index (χ1v) is 10.4. The van der Waals surface area contributed by atoms with Crippen molar-refractivity contribution in [1.82, 2.24) is 15.1 Å². The van der Waals surface area contributed by atoms with E-state index in [1.54, 1.807) is 35.0 Å². The van der Waals surface area contributed by atoms with Crippen LogP contribution in [0.3, 0.4) is 0 Å². The molecule has 2 aromatic carbocycles. The van der Waals surface area contributed by atoms with Gasteiger partial charge in [0.1, 0.15) is 5.82 Å². The number of carbonyl (C=O) groups is 3. The summed E-state index contributed by atoms with van der Waals surface area (Å²) in [6.07, 6.45) is 0. The van der Waals surface area contributed by atoms with Gasteiger partial charge in [-0.3, -0.25) is 10.1 Å². The van der Waals surface area contributed by atoms with Gasteiger partial charge in [-0.1, -0.05) is 22.0 Å². The normalized spacial score (nSPS) is 12.2. The predicted octanol–water partition coefficient (Wildman–Crippen LogP) is 3.50. The Morgan fingerprint density at radius 1 is 1.03 bits per heavy atom. The Morgan fingerprint density at radius 3 is 2.59 bits per heavy atom. The minimum absolute atomic E-state index is 0.0872. The first kappa shape index (κ1) is 21.4. The molecule has 1 aromatic heterocycles. The van der Waals surface area contributed by atoms with Gasteiger partial charge >= 0.3 is 12.0 Å². The lowest BCUT2D eigenvalue weighted by Gasteiger charge is -2.18. The van der Waals surface area contributed by atoms with Crippen LogP contribution in [0.4, 0.5) is 27.8 Å². The van der Waals surface area contributed by atoms with E-state index in [2.05, 4.69) is 37.0 Å². The number of nitrogens with one attached hydrogen (secondary N) is 3. The highest BCUT2D eigenvalue weighted by Gasteiger charge is 2.24. The van der Waals surface area contributed by atoms with Gasteiger partial charge in [0, 0.05) is 41.1 Å². The summed E-state index contributed by atoms with van der Waals surface area (Å²) in [6, 6.07) is 12.8. The number of carboxylic acid groups (broad SMARTS) is 1. The number of nitrogens with zero attached hydrogens (tertiary/aromatic N) is 3. The first-order valence-electron chi connectivity index (χ1n) is 9.63. The molecular weight excluding hydrogens is 480 g/mol. The number of fused-ring (bicyclic) bond motifs is 1. The second kappa shape index (κ2) is 8.71. The number of aromatic nitrogens is 2. The summed E-state index contributed by atoms with van der Waals surface area (Å²) in [5.74, 6) is -0.225. The SMILES string of the molecule is CNC(=O)Nc1cc2n(n1)CCN2c1cc(Br)cc(C(=O)Nc2cccc(C(=O)O)c2)c1. The van der Waals surface area contributed by atoms with E-state index >= 15 is 0 Å². The summed E-state index contributed by atoms with van der Waals surface area (Å²) in [6.45, 7) is 1.28. The fraction of sp³-hybridized carbons (Fsp3) is 0.143. The summed E-state index contributed by atoms with van der Waals surface area (Å²) in [5.41, 5.74) is 1.65. The average Bonchev–Trinajstić information content (AvgIpc) is 3.33. The van der Waals surface area contributed by atoms with Crippen LogP contribution in [0.1, 0.15) is 20.7 Å². The molecule has 164 valence electrons. The fourth-order valence-corrected chi connectivity index (χ4v) is 3.87. The standard InChI is InChI=1S/C21H19BrN6O4/c1-23-21(32)25-17-11-18-27(5-6-28(18)26-17)16-9-13(7-14(22)10-16)19(29)24-15-4-2-3-12(8-15)20(30)31/h2-4,7-11H,5-6H2,1H3,(H,24,29)(H,30,31)(H2,23,25,26,32). The Labute approximate surface area is 191 Å². The Balaban J connectivity index is 1.58. The number of hydrogen-bond acceptors (Lipinski definition) is 5. The monoisotopic (exact) mass is 498 g/mol. The molecular formula is C21H19BrN6O4. The maximum atomic E-state index is 12.8. The first-order chi connectivity index (χ1) is 15.3. The number of urea groups is 1. The molecule has 32 heavy (non-hydrogen) atoms. The number of anilines is 4. The van der Waals surface area contributed by atoms with Gasteiger partial charge in [-0.2, -0.15) is 5.10 Å². The third-order valence-corrected chi connectivity index (χ3v) is 5.32. The molecule has 4 N–H and O–H groups in total. The number of halogens is 1. The van der Waals surface area contributed by atoms with E-state index in [0.717, 1.165) is 11.5 Å². The van der Waals surface area contributed by atoms with Crippen LogP contribution in [0.25, 0.3) is 0 Å². The molecule has 4 rings (SSSR count). The molecule has 10 nitrogen and oxygen atoms in total. The number of hydrogen-bond donors (Lipinski definition) is 4. The Bertz CT molecular complexity index is 1220. The molecule has 0 radical (unpaired) electrons. The summed E-state index contributed by atoms with van der Waals surface area (Å²) >= 11 is 3.46. The topological polar surface area (TPSA) is 129 Å². The van der Waals surface area contributed by atoms with Crippen molar-refractivity contribution in [3.63, 3.8) is 0 Å². The number of aromatic carboxylic acids is 1. The zero-order valence-electron chi connectivity index (χ0n) is 16.9. The minimum atomic E-state index is -1.07. The molecule has 0 unspecified atom stereocenters. The molecule has 0 spiro atoms. The lowest BCUT2D eigenvalue weighted by Crippen LogP contribution is -2.24. The van der Waals surface area contributed by atoms with Crippen LogP contribution >= 0.6 is 15.9 Å². The quantitative estimate of drug-likeness (QED) is 0.426. The summed E-state index contributed by atoms with van der Waals surface area (Å²) in [5, 5.41) is 21.4. The highest BCUT2D eigenvalue weighted by Crippen LogP contribution is 2.34. The van der Waals surface area contributed by atoms with Gasteiger partial charge in [-0.15, -0.1) is 0 Å². The van der Waals surface area contributed by atoms with Crippen molar-refractivity contribution in [3.8, 4) is 0 Å². The van der Waals surface area contributed by atoms with E-state index in [4.69, 9.17) is 5.11 Å². The van der Waals surface area contributed by atoms with Gasteiger partial charge < -0.3 is 20.6 Å². The fourth-order valence-electron chi connectivity index (χ4n) is 3.39. The van der Waals surface area contributed by atoms with Crippen LogP contribution in [0.2, 0.25) is 0 Å². The lowest BCUT2D eigenvalue weighted by atomic mass is 10.1. The molecule has 11 heteroatoms. The minimum Gasteiger partial charge on any atom is -0.478 e. The molecule has 3 amide bonds. The number of rotatable bonds is 5. The molecule has 1 aliphatic heterocycles. The maximum Gasteiger partial charge on any atom is 0.335 e. The maximum absolute atomic E-state index is 12.8. The van der Waals surface area contributed by atoms with Crippen molar-refractivity contribution < 1.29 is 19.5 Å². The van der Waals surface area contributed by atoms with Crippen LogP contribution < -0.4 is 20.9 Å². The van der Waals surface area contributed by atoms with Crippen molar-refractivity contribution in [3.05, 3.63) is 64.1 Å². The van der Waals surface area contributed by atoms with Gasteiger partial charge in [-0.25, -0.2) is 14.3 Å². The van der Waals surface area contributed by atoms with Crippen LogP contribution in [0, 0.1) is 0 Å². The molecule has 0 saturated carbocycles. The van der Waals surface area contributed by atoms with Crippen LogP contribution in [-0.4, -0.2) is 46.4 Å². The Kier molecular flexibility index (Phi) is 5.82. The van der Waals surface area contributed by atoms with E-state index in [1.807, 2.05) is 11.0 Å². The number of carboxylic acids is 1. The molecule has 1 aliphatic rings. The van der Waals surface area contributed by atoms with Crippen molar-refractivity contribution in [2.45, 2.75) is 6.54 Å². The van der Waals surface area contributed by atoms with E-state index in [-0.39, 0.29) is 17.5 Å². The van der Waals surface area contributed by atoms with Gasteiger partial charge in [0.2, 0.25) is 0 Å². The van der Waals surface area contributed by atoms with E-state index in [9.17, 15) is 14.4 Å². The van der Waals surface area contributed by atoms with Crippen molar-refractivity contribution in [2.75, 3.05) is 29.1 Å². The van der Waals surface area contributed by atoms with E-state index in [1.165, 1.54) is 19.2 Å². The second-order valence-corrected chi connectivity index (χ2v) is 7.92. The van der Waals surface area contributed by atoms with Crippen LogP contribution in [0.15, 0.2) is 53.0 Å². The Hall–Kier alpha value is -3.86. The van der Waals surface area contributed by atoms with Crippen molar-refractivity contribution in [1.29, 1.82) is 0 Å². The average molecular weight is 499 g/mol. The highest BCUT2D eigenvalue weighted by atomic mass is 79.9. The van der Waals surface area contributed by atoms with E-state index in [0.29, 0.717) is 34.6 Å². The molecule has 3 aromatic rings. The van der Waals surface area contributed by atoms with Crippen LogP contribution in [-0.2, 0) is 6.54 Å².